The van der Waals surface area contributed by atoms with E-state index < -0.39 is 0 Å². The van der Waals surface area contributed by atoms with Crippen LogP contribution in [0.4, 0.5) is 0 Å². The molecule has 6 heteroatoms. The standard InChI is InChI=1S/C21H37N5O/c1-19(20-9-5-4-6-10-20)27-18-7-11-23-21(22-2)24-12-15-26-14-8-13-25(3)16-17-26/h4-6,9-10,19H,7-8,11-18H2,1-3H3,(H2,22,23,24). The Labute approximate surface area is 165 Å². The molecular formula is C21H37N5O. The van der Waals surface area contributed by atoms with Gasteiger partial charge in [-0.2, -0.15) is 0 Å². The quantitative estimate of drug-likeness (QED) is 0.393. The van der Waals surface area contributed by atoms with Gasteiger partial charge in [0.05, 0.1) is 6.10 Å². The Morgan fingerprint density at radius 3 is 2.67 bits per heavy atom. The van der Waals surface area contributed by atoms with Crippen molar-refractivity contribution in [3.8, 4) is 0 Å². The van der Waals surface area contributed by atoms with Crippen LogP contribution < -0.4 is 10.6 Å². The lowest BCUT2D eigenvalue weighted by Gasteiger charge is -2.21. The number of nitrogens with one attached hydrogen (secondary N) is 2. The Kier molecular flexibility index (Phi) is 10.2. The summed E-state index contributed by atoms with van der Waals surface area (Å²) < 4.78 is 5.91. The highest BCUT2D eigenvalue weighted by atomic mass is 16.5. The highest BCUT2D eigenvalue weighted by molar-refractivity contribution is 5.79. The van der Waals surface area contributed by atoms with Crippen LogP contribution in [0.2, 0.25) is 0 Å². The minimum atomic E-state index is 0.135. The number of aliphatic imine (C=N–C) groups is 1. The van der Waals surface area contributed by atoms with Gasteiger partial charge in [0.15, 0.2) is 5.96 Å². The Hall–Kier alpha value is -1.63. The van der Waals surface area contributed by atoms with Crippen LogP contribution in [0.5, 0.6) is 0 Å². The monoisotopic (exact) mass is 375 g/mol. The fraction of sp³-hybridized carbons (Fsp3) is 0.667. The van der Waals surface area contributed by atoms with Gasteiger partial charge in [-0.15, -0.1) is 0 Å². The van der Waals surface area contributed by atoms with Crippen molar-refractivity contribution in [1.29, 1.82) is 0 Å². The summed E-state index contributed by atoms with van der Waals surface area (Å²) in [5.41, 5.74) is 1.22. The van der Waals surface area contributed by atoms with Crippen LogP contribution in [0, 0.1) is 0 Å². The summed E-state index contributed by atoms with van der Waals surface area (Å²) in [4.78, 5) is 9.25. The van der Waals surface area contributed by atoms with E-state index in [1.165, 1.54) is 25.1 Å². The van der Waals surface area contributed by atoms with Gasteiger partial charge in [0.1, 0.15) is 0 Å². The molecule has 1 aromatic carbocycles. The summed E-state index contributed by atoms with van der Waals surface area (Å²) in [6, 6.07) is 10.4. The molecule has 1 atom stereocenters. The zero-order valence-corrected chi connectivity index (χ0v) is 17.3. The van der Waals surface area contributed by atoms with Gasteiger partial charge in [0.25, 0.3) is 0 Å². The highest BCUT2D eigenvalue weighted by Crippen LogP contribution is 2.15. The summed E-state index contributed by atoms with van der Waals surface area (Å²) in [5.74, 6) is 0.873. The van der Waals surface area contributed by atoms with Gasteiger partial charge in [-0.3, -0.25) is 4.99 Å². The first-order chi connectivity index (χ1) is 13.2. The predicted molar refractivity (Wildman–Crippen MR) is 113 cm³/mol. The van der Waals surface area contributed by atoms with Crippen LogP contribution in [0.3, 0.4) is 0 Å². The molecule has 27 heavy (non-hydrogen) atoms. The van der Waals surface area contributed by atoms with Gasteiger partial charge in [-0.25, -0.2) is 0 Å². The Bertz CT molecular complexity index is 537. The normalized spacial score (nSPS) is 18.1. The Morgan fingerprint density at radius 1 is 1.11 bits per heavy atom. The van der Waals surface area contributed by atoms with E-state index in [9.17, 15) is 0 Å². The van der Waals surface area contributed by atoms with Crippen molar-refractivity contribution >= 4 is 5.96 Å². The molecule has 0 aliphatic carbocycles. The van der Waals surface area contributed by atoms with Gasteiger partial charge in [-0.1, -0.05) is 30.3 Å². The Morgan fingerprint density at radius 2 is 1.89 bits per heavy atom. The predicted octanol–water partition coefficient (Wildman–Crippen LogP) is 1.96. The number of guanidine groups is 1. The molecule has 6 nitrogen and oxygen atoms in total. The maximum absolute atomic E-state index is 5.91. The topological polar surface area (TPSA) is 52.1 Å². The van der Waals surface area contributed by atoms with E-state index in [4.69, 9.17) is 4.74 Å². The number of benzene rings is 1. The fourth-order valence-corrected chi connectivity index (χ4v) is 3.24. The van der Waals surface area contributed by atoms with Crippen molar-refractivity contribution in [2.45, 2.75) is 25.9 Å². The van der Waals surface area contributed by atoms with Gasteiger partial charge < -0.3 is 25.2 Å². The molecule has 2 N–H and O–H groups in total. The molecule has 0 radical (unpaired) electrons. The maximum Gasteiger partial charge on any atom is 0.191 e. The highest BCUT2D eigenvalue weighted by Gasteiger charge is 2.11. The first-order valence-corrected chi connectivity index (χ1v) is 10.2. The summed E-state index contributed by atoms with van der Waals surface area (Å²) in [6.45, 7) is 10.4. The number of rotatable bonds is 9. The lowest BCUT2D eigenvalue weighted by molar-refractivity contribution is 0.0646. The van der Waals surface area contributed by atoms with Crippen molar-refractivity contribution in [3.05, 3.63) is 35.9 Å². The molecular weight excluding hydrogens is 338 g/mol. The Balaban J connectivity index is 1.53. The lowest BCUT2D eigenvalue weighted by atomic mass is 10.1. The van der Waals surface area contributed by atoms with Crippen LogP contribution in [0.1, 0.15) is 31.4 Å². The number of hydrogen-bond donors (Lipinski definition) is 2. The van der Waals surface area contributed by atoms with E-state index in [1.54, 1.807) is 0 Å². The first-order valence-electron chi connectivity index (χ1n) is 10.2. The van der Waals surface area contributed by atoms with E-state index in [0.717, 1.165) is 51.7 Å². The SMILES string of the molecule is CN=C(NCCCOC(C)c1ccccc1)NCCN1CCCN(C)CC1. The molecule has 152 valence electrons. The second-order valence-corrected chi connectivity index (χ2v) is 7.20. The molecule has 1 heterocycles. The number of hydrogen-bond acceptors (Lipinski definition) is 4. The molecule has 0 amide bonds. The first kappa shape index (κ1) is 21.7. The average Bonchev–Trinajstić information content (AvgIpc) is 2.91. The largest absolute Gasteiger partial charge is 0.374 e. The van der Waals surface area contributed by atoms with Crippen LogP contribution in [0.25, 0.3) is 0 Å². The summed E-state index contributed by atoms with van der Waals surface area (Å²) in [6.07, 6.45) is 2.35. The van der Waals surface area contributed by atoms with E-state index in [-0.39, 0.29) is 6.10 Å². The maximum atomic E-state index is 5.91. The molecule has 2 rings (SSSR count). The fourth-order valence-electron chi connectivity index (χ4n) is 3.24. The summed E-state index contributed by atoms with van der Waals surface area (Å²) in [5, 5.41) is 6.79. The number of ether oxygens (including phenoxy) is 1. The van der Waals surface area contributed by atoms with Crippen LogP contribution in [-0.2, 0) is 4.74 Å². The van der Waals surface area contributed by atoms with Crippen LogP contribution >= 0.6 is 0 Å². The second-order valence-electron chi connectivity index (χ2n) is 7.20. The van der Waals surface area contributed by atoms with E-state index >= 15 is 0 Å². The zero-order valence-electron chi connectivity index (χ0n) is 17.3. The minimum absolute atomic E-state index is 0.135. The molecule has 1 aliphatic rings. The molecule has 0 saturated carbocycles. The third kappa shape index (κ3) is 8.73. The van der Waals surface area contributed by atoms with Crippen molar-refractivity contribution in [2.24, 2.45) is 4.99 Å². The molecule has 0 aromatic heterocycles. The van der Waals surface area contributed by atoms with Crippen molar-refractivity contribution in [1.82, 2.24) is 20.4 Å². The average molecular weight is 376 g/mol. The van der Waals surface area contributed by atoms with Crippen molar-refractivity contribution < 1.29 is 4.74 Å². The van der Waals surface area contributed by atoms with Crippen LogP contribution in [-0.4, -0.2) is 82.3 Å². The summed E-state index contributed by atoms with van der Waals surface area (Å²) >= 11 is 0. The van der Waals surface area contributed by atoms with Gasteiger partial charge in [0.2, 0.25) is 0 Å². The van der Waals surface area contributed by atoms with E-state index in [2.05, 4.69) is 63.7 Å². The van der Waals surface area contributed by atoms with E-state index in [1.807, 2.05) is 13.1 Å². The number of nitrogens with zero attached hydrogens (tertiary/aromatic N) is 3. The summed E-state index contributed by atoms with van der Waals surface area (Å²) in [7, 11) is 4.03. The molecule has 0 bridgehead atoms. The smallest absolute Gasteiger partial charge is 0.191 e. The van der Waals surface area contributed by atoms with Gasteiger partial charge in [-0.05, 0) is 45.5 Å². The molecule has 1 saturated heterocycles. The minimum Gasteiger partial charge on any atom is -0.374 e. The molecule has 1 fully saturated rings. The van der Waals surface area contributed by atoms with E-state index in [0.29, 0.717) is 0 Å². The van der Waals surface area contributed by atoms with Crippen LogP contribution in [0.15, 0.2) is 35.3 Å². The zero-order chi connectivity index (χ0) is 19.3. The second kappa shape index (κ2) is 12.7. The third-order valence-electron chi connectivity index (χ3n) is 5.01. The number of likely N-dealkylation sites (N-methyl/N-ethyl adjacent to an activating group) is 1. The van der Waals surface area contributed by atoms with Crippen molar-refractivity contribution in [3.63, 3.8) is 0 Å². The molecule has 0 spiro atoms. The van der Waals surface area contributed by atoms with Gasteiger partial charge in [0, 0.05) is 46.4 Å². The lowest BCUT2D eigenvalue weighted by Crippen LogP contribution is -2.42. The molecule has 1 unspecified atom stereocenters. The third-order valence-corrected chi connectivity index (χ3v) is 5.01. The molecule has 1 aliphatic heterocycles. The van der Waals surface area contributed by atoms with Crippen molar-refractivity contribution in [2.75, 3.05) is 66.5 Å². The molecule has 1 aromatic rings. The van der Waals surface area contributed by atoms with Gasteiger partial charge >= 0.3 is 0 Å².